The summed E-state index contributed by atoms with van der Waals surface area (Å²) >= 11 is 0. The Morgan fingerprint density at radius 3 is 2.21 bits per heavy atom. The zero-order valence-electron chi connectivity index (χ0n) is 14.3. The Hall–Kier alpha value is -3.49. The largest absolute Gasteiger partial charge is 0.416 e. The zero-order chi connectivity index (χ0) is 20.1. The van der Waals surface area contributed by atoms with E-state index in [1.807, 2.05) is 0 Å². The molecular weight excluding hydrogens is 376 g/mol. The van der Waals surface area contributed by atoms with Crippen LogP contribution >= 0.6 is 0 Å². The monoisotopic (exact) mass is 390 g/mol. The summed E-state index contributed by atoms with van der Waals surface area (Å²) < 4.78 is 51.2. The quantitative estimate of drug-likeness (QED) is 0.638. The molecule has 0 saturated carbocycles. The molecule has 1 heterocycles. The number of halogens is 4. The highest BCUT2D eigenvalue weighted by Crippen LogP contribution is 2.30. The lowest BCUT2D eigenvalue weighted by Gasteiger charge is -2.09. The van der Waals surface area contributed by atoms with Crippen LogP contribution in [0.2, 0.25) is 0 Å². The first kappa shape index (κ1) is 19.3. The van der Waals surface area contributed by atoms with Gasteiger partial charge in [-0.1, -0.05) is 18.2 Å². The Morgan fingerprint density at radius 2 is 1.61 bits per heavy atom. The second-order valence-electron chi connectivity index (χ2n) is 5.77. The molecule has 0 radical (unpaired) electrons. The number of alkyl halides is 3. The lowest BCUT2D eigenvalue weighted by atomic mass is 10.2. The molecule has 144 valence electrons. The van der Waals surface area contributed by atoms with Crippen molar-refractivity contribution in [1.29, 1.82) is 0 Å². The van der Waals surface area contributed by atoms with Crippen LogP contribution in [0.4, 0.5) is 29.2 Å². The van der Waals surface area contributed by atoms with Crippen LogP contribution in [0.3, 0.4) is 0 Å². The highest BCUT2D eigenvalue weighted by atomic mass is 19.4. The summed E-state index contributed by atoms with van der Waals surface area (Å²) in [7, 11) is 0. The highest BCUT2D eigenvalue weighted by Gasteiger charge is 2.29. The Labute approximate surface area is 157 Å². The summed E-state index contributed by atoms with van der Waals surface area (Å²) in [5, 5.41) is 5.30. The van der Waals surface area contributed by atoms with Gasteiger partial charge in [0.05, 0.1) is 11.1 Å². The second-order valence-corrected chi connectivity index (χ2v) is 5.77. The van der Waals surface area contributed by atoms with E-state index in [2.05, 4.69) is 20.6 Å². The minimum absolute atomic E-state index is 0.0110. The maximum absolute atomic E-state index is 13.5. The molecule has 0 bridgehead atoms. The first-order valence-electron chi connectivity index (χ1n) is 8.11. The minimum Gasteiger partial charge on any atom is -0.348 e. The van der Waals surface area contributed by atoms with Gasteiger partial charge in [0, 0.05) is 30.2 Å². The first-order valence-corrected chi connectivity index (χ1v) is 8.11. The van der Waals surface area contributed by atoms with E-state index in [1.165, 1.54) is 30.6 Å². The molecule has 5 nitrogen and oxygen atoms in total. The van der Waals surface area contributed by atoms with E-state index in [0.717, 1.165) is 12.1 Å². The number of carbonyl (C=O) groups excluding carboxylic acids is 1. The molecule has 9 heteroatoms. The molecule has 0 aliphatic heterocycles. The minimum atomic E-state index is -4.41. The third-order valence-electron chi connectivity index (χ3n) is 3.78. The van der Waals surface area contributed by atoms with Crippen LogP contribution < -0.4 is 10.6 Å². The molecule has 28 heavy (non-hydrogen) atoms. The summed E-state index contributed by atoms with van der Waals surface area (Å²) in [5.41, 5.74) is 0.109. The molecular formula is C19H14F4N4O. The summed E-state index contributed by atoms with van der Waals surface area (Å²) in [4.78, 5) is 20.0. The summed E-state index contributed by atoms with van der Waals surface area (Å²) in [6.45, 7) is 0.0110. The van der Waals surface area contributed by atoms with Gasteiger partial charge in [-0.25, -0.2) is 14.4 Å². The molecule has 3 aromatic rings. The van der Waals surface area contributed by atoms with Gasteiger partial charge >= 0.3 is 6.18 Å². The Bertz CT molecular complexity index is 957. The van der Waals surface area contributed by atoms with E-state index < -0.39 is 23.5 Å². The number of anilines is 2. The molecule has 0 aliphatic rings. The molecule has 0 saturated heterocycles. The van der Waals surface area contributed by atoms with E-state index in [1.54, 1.807) is 18.2 Å². The molecule has 0 aliphatic carbocycles. The molecule has 0 spiro atoms. The maximum Gasteiger partial charge on any atom is 0.416 e. The number of amides is 1. The maximum atomic E-state index is 13.5. The smallest absolute Gasteiger partial charge is 0.348 e. The number of aromatic nitrogens is 2. The van der Waals surface area contributed by atoms with Crippen LogP contribution in [0.15, 0.2) is 60.9 Å². The SMILES string of the molecule is O=C(NCc1ccccc1F)c1cnc(Nc2ccc(C(F)(F)F)cc2)nc1. The van der Waals surface area contributed by atoms with Crippen molar-refractivity contribution in [3.63, 3.8) is 0 Å². The van der Waals surface area contributed by atoms with Gasteiger partial charge in [0.15, 0.2) is 0 Å². The molecule has 1 amide bonds. The number of nitrogens with zero attached hydrogens (tertiary/aromatic N) is 2. The fourth-order valence-corrected chi connectivity index (χ4v) is 2.30. The molecule has 0 fully saturated rings. The normalized spacial score (nSPS) is 11.1. The van der Waals surface area contributed by atoms with E-state index in [9.17, 15) is 22.4 Å². The lowest BCUT2D eigenvalue weighted by Crippen LogP contribution is -2.23. The van der Waals surface area contributed by atoms with Crippen molar-refractivity contribution in [2.45, 2.75) is 12.7 Å². The average Bonchev–Trinajstić information content (AvgIpc) is 2.67. The van der Waals surface area contributed by atoms with E-state index in [-0.39, 0.29) is 18.1 Å². The number of hydrogen-bond donors (Lipinski definition) is 2. The zero-order valence-corrected chi connectivity index (χ0v) is 14.3. The highest BCUT2D eigenvalue weighted by molar-refractivity contribution is 5.93. The van der Waals surface area contributed by atoms with Gasteiger partial charge in [-0.2, -0.15) is 13.2 Å². The van der Waals surface area contributed by atoms with Crippen molar-refractivity contribution in [2.75, 3.05) is 5.32 Å². The number of hydrogen-bond acceptors (Lipinski definition) is 4. The molecule has 0 unspecified atom stereocenters. The van der Waals surface area contributed by atoms with Crippen LogP contribution in [0, 0.1) is 5.82 Å². The van der Waals surface area contributed by atoms with Gasteiger partial charge in [0.25, 0.3) is 5.91 Å². The van der Waals surface area contributed by atoms with Crippen molar-refractivity contribution in [3.8, 4) is 0 Å². The summed E-state index contributed by atoms with van der Waals surface area (Å²) in [6.07, 6.45) is -1.89. The Morgan fingerprint density at radius 1 is 0.964 bits per heavy atom. The van der Waals surface area contributed by atoms with Crippen molar-refractivity contribution in [1.82, 2.24) is 15.3 Å². The van der Waals surface area contributed by atoms with Gasteiger partial charge in [0.1, 0.15) is 5.82 Å². The van der Waals surface area contributed by atoms with Crippen LogP contribution in [-0.2, 0) is 12.7 Å². The van der Waals surface area contributed by atoms with Crippen LogP contribution in [0.1, 0.15) is 21.5 Å². The van der Waals surface area contributed by atoms with Crippen LogP contribution in [0.5, 0.6) is 0 Å². The summed E-state index contributed by atoms with van der Waals surface area (Å²) in [5.74, 6) is -0.787. The van der Waals surface area contributed by atoms with Gasteiger partial charge in [0.2, 0.25) is 5.95 Å². The van der Waals surface area contributed by atoms with Gasteiger partial charge in [-0.3, -0.25) is 4.79 Å². The van der Waals surface area contributed by atoms with Crippen molar-refractivity contribution in [3.05, 3.63) is 83.4 Å². The molecule has 2 aromatic carbocycles. The fourth-order valence-electron chi connectivity index (χ4n) is 2.30. The first-order chi connectivity index (χ1) is 13.3. The average molecular weight is 390 g/mol. The fraction of sp³-hybridized carbons (Fsp3) is 0.105. The van der Waals surface area contributed by atoms with Gasteiger partial charge in [-0.05, 0) is 30.3 Å². The van der Waals surface area contributed by atoms with Gasteiger partial charge in [-0.15, -0.1) is 0 Å². The predicted molar refractivity (Wildman–Crippen MR) is 94.3 cm³/mol. The topological polar surface area (TPSA) is 66.9 Å². The van der Waals surface area contributed by atoms with E-state index in [4.69, 9.17) is 0 Å². The molecule has 1 aromatic heterocycles. The molecule has 3 rings (SSSR count). The van der Waals surface area contributed by atoms with Gasteiger partial charge < -0.3 is 10.6 Å². The Kier molecular flexibility index (Phi) is 5.53. The molecule has 0 atom stereocenters. The van der Waals surface area contributed by atoms with Crippen molar-refractivity contribution >= 4 is 17.5 Å². The number of carbonyl (C=O) groups is 1. The van der Waals surface area contributed by atoms with Crippen LogP contribution in [-0.4, -0.2) is 15.9 Å². The van der Waals surface area contributed by atoms with Crippen LogP contribution in [0.25, 0.3) is 0 Å². The number of benzene rings is 2. The third kappa shape index (κ3) is 4.81. The standard InChI is InChI=1S/C19H14F4N4O/c20-16-4-2-1-3-12(16)9-24-17(28)13-10-25-18(26-11-13)27-15-7-5-14(6-8-15)19(21,22)23/h1-8,10-11H,9H2,(H,24,28)(H,25,26,27). The lowest BCUT2D eigenvalue weighted by molar-refractivity contribution is -0.137. The second kappa shape index (κ2) is 8.03. The predicted octanol–water partition coefficient (Wildman–Crippen LogP) is 4.31. The Balaban J connectivity index is 1.60. The molecule has 2 N–H and O–H groups in total. The third-order valence-corrected chi connectivity index (χ3v) is 3.78. The number of nitrogens with one attached hydrogen (secondary N) is 2. The van der Waals surface area contributed by atoms with Crippen molar-refractivity contribution < 1.29 is 22.4 Å². The van der Waals surface area contributed by atoms with Crippen molar-refractivity contribution in [2.24, 2.45) is 0 Å². The van der Waals surface area contributed by atoms with E-state index in [0.29, 0.717) is 11.3 Å². The summed E-state index contributed by atoms with van der Waals surface area (Å²) in [6, 6.07) is 10.4. The number of rotatable bonds is 5. The van der Waals surface area contributed by atoms with E-state index >= 15 is 0 Å².